The lowest BCUT2D eigenvalue weighted by molar-refractivity contribution is -0.143. The molecule has 3 rings (SSSR count). The van der Waals surface area contributed by atoms with Crippen LogP contribution in [-0.4, -0.2) is 37.3 Å². The molecule has 1 amide bonds. The number of benzene rings is 2. The fraction of sp³-hybridized carbons (Fsp3) is 0.250. The van der Waals surface area contributed by atoms with Crippen LogP contribution in [0.4, 0.5) is 0 Å². The van der Waals surface area contributed by atoms with Gasteiger partial charge in [0.15, 0.2) is 16.3 Å². The van der Waals surface area contributed by atoms with Crippen molar-refractivity contribution in [3.8, 4) is 11.5 Å². The first kappa shape index (κ1) is 20.9. The van der Waals surface area contributed by atoms with E-state index >= 15 is 0 Å². The largest absolute Gasteiger partial charge is 0.493 e. The minimum Gasteiger partial charge on any atom is -0.493 e. The maximum Gasteiger partial charge on any atom is 0.326 e. The fourth-order valence-corrected chi connectivity index (χ4v) is 4.01. The van der Waals surface area contributed by atoms with E-state index in [9.17, 15) is 9.59 Å². The quantitative estimate of drug-likeness (QED) is 0.553. The summed E-state index contributed by atoms with van der Waals surface area (Å²) >= 11 is 7.37. The Morgan fingerprint density at radius 1 is 1.14 bits per heavy atom. The predicted molar refractivity (Wildman–Crippen MR) is 111 cm³/mol. The minimum atomic E-state index is -0.501. The zero-order valence-corrected chi connectivity index (χ0v) is 17.7. The number of rotatable bonds is 6. The number of carbonyl (C=O) groups is 2. The molecule has 0 saturated heterocycles. The van der Waals surface area contributed by atoms with Gasteiger partial charge in [0.2, 0.25) is 0 Å². The van der Waals surface area contributed by atoms with Gasteiger partial charge in [0.1, 0.15) is 6.54 Å². The summed E-state index contributed by atoms with van der Waals surface area (Å²) in [5, 5.41) is 0.308. The third-order valence-electron chi connectivity index (χ3n) is 4.08. The highest BCUT2D eigenvalue weighted by atomic mass is 35.5. The standard InChI is InChI=1S/C20H19ClN2O5S/c1-4-28-18(24)11-23-14-9-15(26-2)16(27-3)10-17(14)29-20(23)22-19(25)12-7-5-6-8-13(12)21/h5-10H,4,11H2,1-3H3. The second-order valence-corrected chi connectivity index (χ2v) is 7.26. The molecule has 152 valence electrons. The van der Waals surface area contributed by atoms with Crippen LogP contribution in [-0.2, 0) is 16.1 Å². The molecule has 0 radical (unpaired) electrons. The normalized spacial score (nSPS) is 11.5. The number of hydrogen-bond donors (Lipinski definition) is 0. The highest BCUT2D eigenvalue weighted by Gasteiger charge is 2.17. The third kappa shape index (κ3) is 4.44. The van der Waals surface area contributed by atoms with Crippen LogP contribution >= 0.6 is 22.9 Å². The highest BCUT2D eigenvalue weighted by Crippen LogP contribution is 2.33. The van der Waals surface area contributed by atoms with Crippen LogP contribution in [0.1, 0.15) is 17.3 Å². The minimum absolute atomic E-state index is 0.0992. The topological polar surface area (TPSA) is 79.1 Å². The van der Waals surface area contributed by atoms with E-state index in [-0.39, 0.29) is 18.7 Å². The first-order valence-electron chi connectivity index (χ1n) is 8.73. The maximum atomic E-state index is 12.7. The fourth-order valence-electron chi connectivity index (χ4n) is 2.75. The van der Waals surface area contributed by atoms with E-state index in [1.54, 1.807) is 47.9 Å². The number of aromatic nitrogens is 1. The van der Waals surface area contributed by atoms with Crippen molar-refractivity contribution in [2.45, 2.75) is 13.5 Å². The molecule has 2 aromatic carbocycles. The second kappa shape index (κ2) is 9.11. The molecule has 0 aliphatic heterocycles. The monoisotopic (exact) mass is 434 g/mol. The summed E-state index contributed by atoms with van der Waals surface area (Å²) in [5.41, 5.74) is 0.955. The Labute approximate surface area is 176 Å². The van der Waals surface area contributed by atoms with Crippen molar-refractivity contribution in [2.75, 3.05) is 20.8 Å². The highest BCUT2D eigenvalue weighted by molar-refractivity contribution is 7.16. The molecule has 1 heterocycles. The van der Waals surface area contributed by atoms with E-state index in [0.717, 1.165) is 4.70 Å². The summed E-state index contributed by atoms with van der Waals surface area (Å²) in [4.78, 5) is 29.4. The van der Waals surface area contributed by atoms with Gasteiger partial charge in [-0.25, -0.2) is 0 Å². The first-order chi connectivity index (χ1) is 14.0. The Morgan fingerprint density at radius 2 is 1.83 bits per heavy atom. The Bertz CT molecular complexity index is 1140. The van der Waals surface area contributed by atoms with Crippen LogP contribution in [0.2, 0.25) is 5.02 Å². The van der Waals surface area contributed by atoms with Gasteiger partial charge in [0.05, 0.1) is 41.6 Å². The molecule has 29 heavy (non-hydrogen) atoms. The van der Waals surface area contributed by atoms with E-state index in [0.29, 0.717) is 26.8 Å². The number of nitrogens with zero attached hydrogens (tertiary/aromatic N) is 2. The summed E-state index contributed by atoms with van der Waals surface area (Å²) < 4.78 is 18.2. The number of esters is 1. The maximum absolute atomic E-state index is 12.7. The van der Waals surface area contributed by atoms with E-state index in [4.69, 9.17) is 25.8 Å². The van der Waals surface area contributed by atoms with E-state index in [2.05, 4.69) is 4.99 Å². The van der Waals surface area contributed by atoms with E-state index in [1.807, 2.05) is 0 Å². The number of hydrogen-bond acceptors (Lipinski definition) is 6. The Balaban J connectivity index is 2.20. The van der Waals surface area contributed by atoms with Gasteiger partial charge in [0.25, 0.3) is 5.91 Å². The van der Waals surface area contributed by atoms with Crippen LogP contribution < -0.4 is 14.3 Å². The summed E-state index contributed by atoms with van der Waals surface area (Å²) in [6.45, 7) is 1.88. The zero-order valence-electron chi connectivity index (χ0n) is 16.1. The number of carbonyl (C=O) groups excluding carboxylic acids is 2. The molecule has 1 aromatic heterocycles. The van der Waals surface area contributed by atoms with Crippen molar-refractivity contribution in [3.63, 3.8) is 0 Å². The molecule has 0 aliphatic carbocycles. The molecule has 0 unspecified atom stereocenters. The predicted octanol–water partition coefficient (Wildman–Crippen LogP) is 3.68. The van der Waals surface area contributed by atoms with Crippen molar-refractivity contribution in [3.05, 3.63) is 51.8 Å². The molecule has 0 atom stereocenters. The average Bonchev–Trinajstić information content (AvgIpc) is 3.03. The van der Waals surface area contributed by atoms with Gasteiger partial charge >= 0.3 is 5.97 Å². The lowest BCUT2D eigenvalue weighted by atomic mass is 10.2. The van der Waals surface area contributed by atoms with Crippen molar-refractivity contribution in [2.24, 2.45) is 4.99 Å². The zero-order chi connectivity index (χ0) is 21.0. The molecular formula is C20H19ClN2O5S. The van der Waals surface area contributed by atoms with Gasteiger partial charge in [-0.05, 0) is 19.1 Å². The van der Waals surface area contributed by atoms with Crippen molar-refractivity contribution in [1.29, 1.82) is 0 Å². The number of amides is 1. The number of thiazole rings is 1. The van der Waals surface area contributed by atoms with E-state index in [1.165, 1.54) is 25.6 Å². The molecule has 0 fully saturated rings. The van der Waals surface area contributed by atoms with Gasteiger partial charge < -0.3 is 18.8 Å². The second-order valence-electron chi connectivity index (χ2n) is 5.85. The van der Waals surface area contributed by atoms with Gasteiger partial charge in [-0.15, -0.1) is 0 Å². The molecule has 7 nitrogen and oxygen atoms in total. The molecule has 0 bridgehead atoms. The Kier molecular flexibility index (Phi) is 6.56. The lowest BCUT2D eigenvalue weighted by Gasteiger charge is -2.09. The molecule has 0 spiro atoms. The van der Waals surface area contributed by atoms with Gasteiger partial charge in [-0.2, -0.15) is 4.99 Å². The molecule has 9 heteroatoms. The number of fused-ring (bicyclic) bond motifs is 1. The number of halogens is 1. The van der Waals surface area contributed by atoms with Gasteiger partial charge in [0, 0.05) is 12.1 Å². The van der Waals surface area contributed by atoms with Crippen molar-refractivity contribution >= 4 is 45.0 Å². The number of methoxy groups -OCH3 is 2. The van der Waals surface area contributed by atoms with Crippen LogP contribution in [0.25, 0.3) is 10.2 Å². The van der Waals surface area contributed by atoms with Gasteiger partial charge in [-0.3, -0.25) is 9.59 Å². The molecule has 0 aliphatic rings. The summed E-state index contributed by atoms with van der Waals surface area (Å²) in [6.07, 6.45) is 0. The molecular weight excluding hydrogens is 416 g/mol. The van der Waals surface area contributed by atoms with E-state index < -0.39 is 11.9 Å². The summed E-state index contributed by atoms with van der Waals surface area (Å²) in [6, 6.07) is 10.2. The first-order valence-corrected chi connectivity index (χ1v) is 9.92. The average molecular weight is 435 g/mol. The van der Waals surface area contributed by atoms with Crippen LogP contribution in [0.3, 0.4) is 0 Å². The van der Waals surface area contributed by atoms with Gasteiger partial charge in [-0.1, -0.05) is 35.1 Å². The van der Waals surface area contributed by atoms with Crippen LogP contribution in [0.15, 0.2) is 41.4 Å². The van der Waals surface area contributed by atoms with Crippen LogP contribution in [0.5, 0.6) is 11.5 Å². The lowest BCUT2D eigenvalue weighted by Crippen LogP contribution is -2.23. The molecule has 0 saturated carbocycles. The SMILES string of the molecule is CCOC(=O)Cn1c(=NC(=O)c2ccccc2Cl)sc2cc(OC)c(OC)cc21. The van der Waals surface area contributed by atoms with Crippen molar-refractivity contribution < 1.29 is 23.8 Å². The Hall–Kier alpha value is -2.84. The summed E-state index contributed by atoms with van der Waals surface area (Å²) in [7, 11) is 3.06. The summed E-state index contributed by atoms with van der Waals surface area (Å²) in [5.74, 6) is 0.0974. The third-order valence-corrected chi connectivity index (χ3v) is 5.45. The Morgan fingerprint density at radius 3 is 2.48 bits per heavy atom. The van der Waals surface area contributed by atoms with Crippen LogP contribution in [0, 0.1) is 0 Å². The number of ether oxygens (including phenoxy) is 3. The molecule has 3 aromatic rings. The smallest absolute Gasteiger partial charge is 0.326 e. The molecule has 0 N–H and O–H groups in total. The van der Waals surface area contributed by atoms with Crippen molar-refractivity contribution in [1.82, 2.24) is 4.57 Å².